The second kappa shape index (κ2) is 5.03. The van der Waals surface area contributed by atoms with Gasteiger partial charge in [-0.25, -0.2) is 4.39 Å². The Morgan fingerprint density at radius 3 is 2.65 bits per heavy atom. The summed E-state index contributed by atoms with van der Waals surface area (Å²) in [6.07, 6.45) is 0. The number of nitrogens with one attached hydrogen (secondary N) is 1. The average Bonchev–Trinajstić information content (AvgIpc) is 2.77. The molecule has 1 N–H and O–H groups in total. The van der Waals surface area contributed by atoms with Gasteiger partial charge >= 0.3 is 6.01 Å². The number of halogens is 1. The zero-order chi connectivity index (χ0) is 14.9. The number of carbonyl (C=O) groups excluding carboxylic acids is 1. The van der Waals surface area contributed by atoms with Crippen molar-refractivity contribution in [1.29, 1.82) is 0 Å². The lowest BCUT2D eigenvalue weighted by Crippen LogP contribution is -2.15. The number of nitro benzene ring substituents is 1. The minimum atomic E-state index is -0.905. The highest BCUT2D eigenvalue weighted by atomic mass is 19.1. The van der Waals surface area contributed by atoms with Gasteiger partial charge in [-0.05, 0) is 12.5 Å². The number of benzene rings is 1. The van der Waals surface area contributed by atoms with Crippen LogP contribution in [-0.2, 0) is 0 Å². The largest absolute Gasteiger partial charge is 0.408 e. The highest BCUT2D eigenvalue weighted by Crippen LogP contribution is 2.21. The maximum Gasteiger partial charge on any atom is 0.322 e. The predicted molar refractivity (Wildman–Crippen MR) is 64.8 cm³/mol. The number of aromatic nitrogens is 2. The molecule has 104 valence electrons. The fourth-order valence-electron chi connectivity index (χ4n) is 1.53. The highest BCUT2D eigenvalue weighted by molar-refractivity contribution is 6.03. The first-order valence-electron chi connectivity index (χ1n) is 5.44. The summed E-state index contributed by atoms with van der Waals surface area (Å²) in [5.41, 5.74) is -0.852. The number of aryl methyl sites for hydroxylation is 2. The van der Waals surface area contributed by atoms with Gasteiger partial charge in [-0.15, -0.1) is 5.10 Å². The van der Waals surface area contributed by atoms with Crippen molar-refractivity contribution < 1.29 is 18.5 Å². The Morgan fingerprint density at radius 2 is 2.10 bits per heavy atom. The second-order valence-electron chi connectivity index (χ2n) is 3.96. The van der Waals surface area contributed by atoms with Crippen molar-refractivity contribution >= 4 is 17.6 Å². The number of rotatable bonds is 3. The molecule has 1 aromatic heterocycles. The molecule has 0 spiro atoms. The molecule has 0 radical (unpaired) electrons. The molecule has 0 unspecified atom stereocenters. The topological polar surface area (TPSA) is 111 Å². The Hall–Kier alpha value is -2.84. The van der Waals surface area contributed by atoms with Crippen molar-refractivity contribution in [2.24, 2.45) is 0 Å². The fourth-order valence-corrected chi connectivity index (χ4v) is 1.53. The minimum absolute atomic E-state index is 0.00828. The Kier molecular flexibility index (Phi) is 3.42. The summed E-state index contributed by atoms with van der Waals surface area (Å²) in [5, 5.41) is 19.9. The SMILES string of the molecule is Cc1nnc(NC(=O)c2cc([N+](=O)[O-])cc(C)c2F)o1. The highest BCUT2D eigenvalue weighted by Gasteiger charge is 2.21. The Bertz CT molecular complexity index is 698. The lowest BCUT2D eigenvalue weighted by atomic mass is 10.1. The first-order valence-corrected chi connectivity index (χ1v) is 5.44. The van der Waals surface area contributed by atoms with Gasteiger partial charge in [-0.2, -0.15) is 0 Å². The van der Waals surface area contributed by atoms with Crippen LogP contribution in [0.2, 0.25) is 0 Å². The maximum absolute atomic E-state index is 13.9. The molecule has 2 aromatic rings. The second-order valence-corrected chi connectivity index (χ2v) is 3.96. The van der Waals surface area contributed by atoms with E-state index in [-0.39, 0.29) is 23.2 Å². The van der Waals surface area contributed by atoms with Crippen molar-refractivity contribution in [3.63, 3.8) is 0 Å². The molecule has 0 saturated carbocycles. The zero-order valence-electron chi connectivity index (χ0n) is 10.5. The molecule has 9 heteroatoms. The maximum atomic E-state index is 13.9. The number of carbonyl (C=O) groups is 1. The molecule has 0 atom stereocenters. The molecular formula is C11H9FN4O4. The van der Waals surface area contributed by atoms with Crippen LogP contribution in [-0.4, -0.2) is 21.0 Å². The van der Waals surface area contributed by atoms with Crippen LogP contribution >= 0.6 is 0 Å². The predicted octanol–water partition coefficient (Wildman–Crippen LogP) is 1.99. The molecule has 0 bridgehead atoms. The normalized spacial score (nSPS) is 10.3. The summed E-state index contributed by atoms with van der Waals surface area (Å²) in [5.74, 6) is -1.53. The quantitative estimate of drug-likeness (QED) is 0.679. The third-order valence-corrected chi connectivity index (χ3v) is 2.44. The molecule has 20 heavy (non-hydrogen) atoms. The lowest BCUT2D eigenvalue weighted by molar-refractivity contribution is -0.385. The van der Waals surface area contributed by atoms with Gasteiger partial charge in [-0.1, -0.05) is 5.10 Å². The van der Waals surface area contributed by atoms with Gasteiger partial charge in [-0.3, -0.25) is 20.2 Å². The zero-order valence-corrected chi connectivity index (χ0v) is 10.5. The first kappa shape index (κ1) is 13.6. The Balaban J connectivity index is 2.36. The van der Waals surface area contributed by atoms with Crippen LogP contribution in [0.5, 0.6) is 0 Å². The van der Waals surface area contributed by atoms with Gasteiger partial charge in [0, 0.05) is 19.1 Å². The van der Waals surface area contributed by atoms with Crippen LogP contribution in [0.15, 0.2) is 16.5 Å². The van der Waals surface area contributed by atoms with E-state index < -0.39 is 22.2 Å². The number of nitrogens with zero attached hydrogens (tertiary/aromatic N) is 3. The van der Waals surface area contributed by atoms with Crippen LogP contribution in [0.1, 0.15) is 21.8 Å². The number of anilines is 1. The first-order chi connectivity index (χ1) is 9.38. The molecule has 0 fully saturated rings. The van der Waals surface area contributed by atoms with E-state index in [1.165, 1.54) is 13.8 Å². The van der Waals surface area contributed by atoms with Gasteiger partial charge in [0.05, 0.1) is 10.5 Å². The molecule has 0 saturated heterocycles. The molecule has 1 aromatic carbocycles. The number of hydrogen-bond acceptors (Lipinski definition) is 6. The Morgan fingerprint density at radius 1 is 1.40 bits per heavy atom. The molecule has 1 heterocycles. The molecule has 0 aliphatic carbocycles. The number of hydrogen-bond donors (Lipinski definition) is 1. The lowest BCUT2D eigenvalue weighted by Gasteiger charge is -2.04. The van der Waals surface area contributed by atoms with E-state index in [1.807, 2.05) is 0 Å². The van der Waals surface area contributed by atoms with Crippen molar-refractivity contribution in [1.82, 2.24) is 10.2 Å². The number of amides is 1. The number of non-ortho nitro benzene ring substituents is 1. The fraction of sp³-hybridized carbons (Fsp3) is 0.182. The van der Waals surface area contributed by atoms with E-state index in [2.05, 4.69) is 15.5 Å². The van der Waals surface area contributed by atoms with Crippen molar-refractivity contribution in [2.45, 2.75) is 13.8 Å². The van der Waals surface area contributed by atoms with Gasteiger partial charge in [0.2, 0.25) is 5.89 Å². The molecule has 1 amide bonds. The van der Waals surface area contributed by atoms with Gasteiger partial charge in [0.25, 0.3) is 11.6 Å². The summed E-state index contributed by atoms with van der Waals surface area (Å²) in [6, 6.07) is 1.68. The monoisotopic (exact) mass is 280 g/mol. The van der Waals surface area contributed by atoms with Crippen LogP contribution in [0.4, 0.5) is 16.1 Å². The van der Waals surface area contributed by atoms with E-state index in [4.69, 9.17) is 4.42 Å². The van der Waals surface area contributed by atoms with Crippen LogP contribution in [0, 0.1) is 29.8 Å². The van der Waals surface area contributed by atoms with Crippen molar-refractivity contribution in [3.05, 3.63) is 45.1 Å². The molecular weight excluding hydrogens is 271 g/mol. The molecule has 2 rings (SSSR count). The molecule has 0 aliphatic heterocycles. The van der Waals surface area contributed by atoms with E-state index in [9.17, 15) is 19.3 Å². The third-order valence-electron chi connectivity index (χ3n) is 2.44. The van der Waals surface area contributed by atoms with Gasteiger partial charge in [0.1, 0.15) is 5.82 Å². The number of nitro groups is 1. The summed E-state index contributed by atoms with van der Waals surface area (Å²) in [4.78, 5) is 21.9. The van der Waals surface area contributed by atoms with Crippen molar-refractivity contribution in [2.75, 3.05) is 5.32 Å². The van der Waals surface area contributed by atoms with Gasteiger partial charge in [0.15, 0.2) is 0 Å². The standard InChI is InChI=1S/C11H9FN4O4/c1-5-3-7(16(18)19)4-8(9(5)12)10(17)13-11-15-14-6(2)20-11/h3-4H,1-2H3,(H,13,15,17). The van der Waals surface area contributed by atoms with E-state index in [0.717, 1.165) is 12.1 Å². The average molecular weight is 280 g/mol. The van der Waals surface area contributed by atoms with Crippen molar-refractivity contribution in [3.8, 4) is 0 Å². The molecule has 8 nitrogen and oxygen atoms in total. The van der Waals surface area contributed by atoms with E-state index >= 15 is 0 Å². The Labute approximate surface area is 111 Å². The summed E-state index contributed by atoms with van der Waals surface area (Å²) in [7, 11) is 0. The van der Waals surface area contributed by atoms with Crippen LogP contribution in [0.25, 0.3) is 0 Å². The third kappa shape index (κ3) is 2.60. The minimum Gasteiger partial charge on any atom is -0.408 e. The summed E-state index contributed by atoms with van der Waals surface area (Å²) in [6.45, 7) is 2.84. The molecule has 0 aliphatic rings. The van der Waals surface area contributed by atoms with E-state index in [1.54, 1.807) is 0 Å². The van der Waals surface area contributed by atoms with Crippen LogP contribution < -0.4 is 5.32 Å². The summed E-state index contributed by atoms with van der Waals surface area (Å²) < 4.78 is 18.8. The summed E-state index contributed by atoms with van der Waals surface area (Å²) >= 11 is 0. The smallest absolute Gasteiger partial charge is 0.322 e. The van der Waals surface area contributed by atoms with Crippen LogP contribution in [0.3, 0.4) is 0 Å². The van der Waals surface area contributed by atoms with Gasteiger partial charge < -0.3 is 4.42 Å². The van der Waals surface area contributed by atoms with E-state index in [0.29, 0.717) is 0 Å².